The summed E-state index contributed by atoms with van der Waals surface area (Å²) >= 11 is 6.35. The summed E-state index contributed by atoms with van der Waals surface area (Å²) in [5.74, 6) is -1.99. The second-order valence-corrected chi connectivity index (χ2v) is 10.5. The zero-order valence-corrected chi connectivity index (χ0v) is 19.7. The van der Waals surface area contributed by atoms with E-state index in [1.54, 1.807) is 18.2 Å². The topological polar surface area (TPSA) is 78.5 Å². The molecule has 7 heteroatoms. The molecule has 0 bridgehead atoms. The molecule has 4 atom stereocenters. The van der Waals surface area contributed by atoms with E-state index in [0.29, 0.717) is 22.7 Å². The number of benzene rings is 2. The Balaban J connectivity index is 1.46. The molecule has 176 valence electrons. The number of halogens is 1. The van der Waals surface area contributed by atoms with Crippen molar-refractivity contribution < 1.29 is 14.4 Å². The zero-order chi connectivity index (χ0) is 23.4. The van der Waals surface area contributed by atoms with E-state index in [1.807, 2.05) is 30.3 Å². The highest BCUT2D eigenvalue weighted by atomic mass is 35.5. The third-order valence-electron chi connectivity index (χ3n) is 8.20. The van der Waals surface area contributed by atoms with Gasteiger partial charge in [-0.15, -0.1) is 0 Å². The summed E-state index contributed by atoms with van der Waals surface area (Å²) in [4.78, 5) is 43.1. The Kier molecular flexibility index (Phi) is 5.26. The fourth-order valence-electron chi connectivity index (χ4n) is 6.72. The molecule has 0 aromatic heterocycles. The van der Waals surface area contributed by atoms with Crippen LogP contribution in [0.15, 0.2) is 48.5 Å². The lowest BCUT2D eigenvalue weighted by atomic mass is 9.76. The summed E-state index contributed by atoms with van der Waals surface area (Å²) in [7, 11) is 0. The van der Waals surface area contributed by atoms with Crippen molar-refractivity contribution in [1.82, 2.24) is 10.2 Å². The summed E-state index contributed by atoms with van der Waals surface area (Å²) in [6, 6.07) is 14.8. The van der Waals surface area contributed by atoms with Gasteiger partial charge >= 0.3 is 0 Å². The maximum atomic E-state index is 14.1. The Morgan fingerprint density at radius 2 is 1.68 bits per heavy atom. The average molecular weight is 478 g/mol. The van der Waals surface area contributed by atoms with Crippen LogP contribution < -0.4 is 10.6 Å². The van der Waals surface area contributed by atoms with Crippen molar-refractivity contribution in [2.75, 3.05) is 5.32 Å². The summed E-state index contributed by atoms with van der Waals surface area (Å²) in [6.07, 6.45) is 6.56. The number of likely N-dealkylation sites (tertiary alicyclic amines) is 1. The van der Waals surface area contributed by atoms with Gasteiger partial charge in [-0.05, 0) is 43.0 Å². The summed E-state index contributed by atoms with van der Waals surface area (Å²) in [5.41, 5.74) is 1.08. The minimum atomic E-state index is -1.30. The van der Waals surface area contributed by atoms with Gasteiger partial charge < -0.3 is 5.32 Å². The van der Waals surface area contributed by atoms with Crippen LogP contribution in [0.1, 0.15) is 49.7 Å². The van der Waals surface area contributed by atoms with Crippen molar-refractivity contribution in [1.29, 1.82) is 0 Å². The van der Waals surface area contributed by atoms with Gasteiger partial charge in [0.15, 0.2) is 0 Å². The first kappa shape index (κ1) is 21.8. The van der Waals surface area contributed by atoms with E-state index in [2.05, 4.69) is 10.6 Å². The number of nitrogens with zero attached hydrogens (tertiary/aromatic N) is 1. The quantitative estimate of drug-likeness (QED) is 0.517. The average Bonchev–Trinajstić information content (AvgIpc) is 3.28. The van der Waals surface area contributed by atoms with E-state index < -0.39 is 17.4 Å². The lowest BCUT2D eigenvalue weighted by Crippen LogP contribution is -2.54. The fourth-order valence-corrected chi connectivity index (χ4v) is 6.89. The first-order valence-electron chi connectivity index (χ1n) is 12.3. The molecule has 6 rings (SSSR count). The predicted molar refractivity (Wildman–Crippen MR) is 129 cm³/mol. The molecule has 3 fully saturated rings. The predicted octanol–water partition coefficient (Wildman–Crippen LogP) is 4.03. The van der Waals surface area contributed by atoms with Crippen LogP contribution in [0, 0.1) is 11.8 Å². The molecule has 0 unspecified atom stereocenters. The molecular weight excluding hydrogens is 450 g/mol. The number of carbonyl (C=O) groups excluding carboxylic acids is 3. The summed E-state index contributed by atoms with van der Waals surface area (Å²) in [6.45, 7) is 0. The molecule has 2 aromatic carbocycles. The van der Waals surface area contributed by atoms with Gasteiger partial charge in [0.05, 0.1) is 11.8 Å². The van der Waals surface area contributed by atoms with Gasteiger partial charge in [-0.2, -0.15) is 0 Å². The molecule has 4 aliphatic rings. The normalized spacial score (nSPS) is 31.0. The molecule has 3 aliphatic heterocycles. The van der Waals surface area contributed by atoms with Crippen molar-refractivity contribution in [2.24, 2.45) is 11.8 Å². The van der Waals surface area contributed by atoms with Crippen LogP contribution in [-0.2, 0) is 26.3 Å². The molecule has 1 saturated carbocycles. The number of rotatable bonds is 3. The van der Waals surface area contributed by atoms with E-state index in [0.717, 1.165) is 44.1 Å². The zero-order valence-electron chi connectivity index (χ0n) is 18.9. The number of imide groups is 1. The minimum Gasteiger partial charge on any atom is -0.324 e. The highest BCUT2D eigenvalue weighted by Gasteiger charge is 2.70. The molecule has 6 nitrogen and oxygen atoms in total. The fraction of sp³-hybridized carbons (Fsp3) is 0.444. The van der Waals surface area contributed by atoms with Crippen molar-refractivity contribution in [3.8, 4) is 0 Å². The van der Waals surface area contributed by atoms with Crippen molar-refractivity contribution >= 4 is 35.0 Å². The van der Waals surface area contributed by atoms with E-state index in [1.165, 1.54) is 4.90 Å². The van der Waals surface area contributed by atoms with Crippen LogP contribution in [0.2, 0.25) is 5.02 Å². The Hall–Kier alpha value is -2.70. The first-order valence-corrected chi connectivity index (χ1v) is 12.7. The Labute approximate surface area is 204 Å². The van der Waals surface area contributed by atoms with Crippen LogP contribution in [0.4, 0.5) is 5.69 Å². The van der Waals surface area contributed by atoms with E-state index in [4.69, 9.17) is 11.6 Å². The van der Waals surface area contributed by atoms with Crippen molar-refractivity contribution in [3.63, 3.8) is 0 Å². The molecule has 3 amide bonds. The number of carbonyl (C=O) groups is 3. The van der Waals surface area contributed by atoms with Crippen molar-refractivity contribution in [3.05, 3.63) is 64.7 Å². The Bertz CT molecular complexity index is 1160. The highest BCUT2D eigenvalue weighted by Crippen LogP contribution is 2.54. The van der Waals surface area contributed by atoms with Gasteiger partial charge in [-0.1, -0.05) is 67.6 Å². The smallest absolute Gasteiger partial charge is 0.250 e. The second kappa shape index (κ2) is 8.21. The van der Waals surface area contributed by atoms with Gasteiger partial charge in [0.1, 0.15) is 5.54 Å². The molecule has 2 saturated heterocycles. The molecule has 1 aliphatic carbocycles. The largest absolute Gasteiger partial charge is 0.324 e. The SMILES string of the molecule is O=C1[C@@H]2[C@H](Cc3ccccc3)N[C@]3(C(=O)Nc4ccc(Cl)cc43)[C@H]2C(=O)N1C1CCCCCC1. The third kappa shape index (κ3) is 3.15. The van der Waals surface area contributed by atoms with Gasteiger partial charge in [0, 0.05) is 28.4 Å². The van der Waals surface area contributed by atoms with Gasteiger partial charge in [0.2, 0.25) is 17.7 Å². The van der Waals surface area contributed by atoms with E-state index in [9.17, 15) is 14.4 Å². The maximum absolute atomic E-state index is 14.1. The lowest BCUT2D eigenvalue weighted by Gasteiger charge is -2.32. The molecule has 2 N–H and O–H groups in total. The maximum Gasteiger partial charge on any atom is 0.250 e. The van der Waals surface area contributed by atoms with Gasteiger partial charge in [0.25, 0.3) is 0 Å². The molecular formula is C27H28ClN3O3. The first-order chi connectivity index (χ1) is 16.5. The van der Waals surface area contributed by atoms with Gasteiger partial charge in [-0.25, -0.2) is 0 Å². The van der Waals surface area contributed by atoms with Crippen LogP contribution in [0.5, 0.6) is 0 Å². The summed E-state index contributed by atoms with van der Waals surface area (Å²) < 4.78 is 0. The number of hydrogen-bond acceptors (Lipinski definition) is 4. The van der Waals surface area contributed by atoms with E-state index >= 15 is 0 Å². The Morgan fingerprint density at radius 1 is 0.941 bits per heavy atom. The minimum absolute atomic E-state index is 0.0779. The molecule has 1 spiro atoms. The number of anilines is 1. The van der Waals surface area contributed by atoms with Crippen LogP contribution in [0.25, 0.3) is 0 Å². The highest BCUT2D eigenvalue weighted by molar-refractivity contribution is 6.31. The monoisotopic (exact) mass is 477 g/mol. The van der Waals surface area contributed by atoms with Gasteiger partial charge in [-0.3, -0.25) is 24.6 Å². The van der Waals surface area contributed by atoms with Crippen LogP contribution in [-0.4, -0.2) is 34.7 Å². The Morgan fingerprint density at radius 3 is 2.41 bits per heavy atom. The van der Waals surface area contributed by atoms with Crippen LogP contribution >= 0.6 is 11.6 Å². The molecule has 2 aromatic rings. The molecule has 3 heterocycles. The molecule has 0 radical (unpaired) electrons. The third-order valence-corrected chi connectivity index (χ3v) is 8.43. The number of hydrogen-bond donors (Lipinski definition) is 2. The van der Waals surface area contributed by atoms with Crippen LogP contribution in [0.3, 0.4) is 0 Å². The number of nitrogens with one attached hydrogen (secondary N) is 2. The summed E-state index contributed by atoms with van der Waals surface area (Å²) in [5, 5.41) is 6.96. The second-order valence-electron chi connectivity index (χ2n) is 10.1. The van der Waals surface area contributed by atoms with E-state index in [-0.39, 0.29) is 29.8 Å². The lowest BCUT2D eigenvalue weighted by molar-refractivity contribution is -0.145. The standard InChI is InChI=1S/C27H28ClN3O3/c28-17-12-13-20-19(15-17)27(26(34)29-20)23-22(21(30-27)14-16-8-4-3-5-9-16)24(32)31(25(23)33)18-10-6-1-2-7-11-18/h3-5,8-9,12-13,15,18,21-23,30H,1-2,6-7,10-11,14H2,(H,29,34)/t21-,22+,23+,27-/m0/s1. The number of amides is 3. The van der Waals surface area contributed by atoms with Crippen molar-refractivity contribution in [2.45, 2.75) is 62.6 Å². The molecule has 34 heavy (non-hydrogen) atoms. The number of fused-ring (bicyclic) bond motifs is 4.